The third-order valence-corrected chi connectivity index (χ3v) is 3.60. The van der Waals surface area contributed by atoms with Gasteiger partial charge in [-0.1, -0.05) is 0 Å². The highest BCUT2D eigenvalue weighted by molar-refractivity contribution is 5.93. The molecule has 2 amide bonds. The third-order valence-electron chi connectivity index (χ3n) is 3.60. The molecule has 130 valence electrons. The Kier molecular flexibility index (Phi) is 6.46. The van der Waals surface area contributed by atoms with Crippen molar-refractivity contribution in [3.63, 3.8) is 0 Å². The van der Waals surface area contributed by atoms with Crippen molar-refractivity contribution in [2.24, 2.45) is 5.73 Å². The first kappa shape index (κ1) is 18.8. The Labute approximate surface area is 132 Å². The average Bonchev–Trinajstić information content (AvgIpc) is 2.92. The summed E-state index contributed by atoms with van der Waals surface area (Å²) in [6, 6.07) is -3.77. The van der Waals surface area contributed by atoms with Crippen molar-refractivity contribution < 1.29 is 34.5 Å². The molecule has 0 aliphatic carbocycles. The number of carboxylic acids is 2. The quantitative estimate of drug-likeness (QED) is 0.347. The van der Waals surface area contributed by atoms with Crippen LogP contribution in [0.3, 0.4) is 0 Å². The Morgan fingerprint density at radius 3 is 2.39 bits per heavy atom. The molecular formula is C13H21N3O7. The fourth-order valence-electron chi connectivity index (χ4n) is 2.40. The van der Waals surface area contributed by atoms with Crippen LogP contribution >= 0.6 is 0 Å². The molecule has 0 aromatic heterocycles. The molecule has 0 bridgehead atoms. The lowest BCUT2D eigenvalue weighted by Gasteiger charge is -2.29. The van der Waals surface area contributed by atoms with Crippen LogP contribution in [0.4, 0.5) is 0 Å². The molecule has 1 saturated heterocycles. The van der Waals surface area contributed by atoms with Crippen molar-refractivity contribution in [3.05, 3.63) is 0 Å². The van der Waals surface area contributed by atoms with Gasteiger partial charge in [-0.2, -0.15) is 0 Å². The molecule has 0 saturated carbocycles. The summed E-state index contributed by atoms with van der Waals surface area (Å²) in [7, 11) is 0. The monoisotopic (exact) mass is 331 g/mol. The van der Waals surface area contributed by atoms with E-state index >= 15 is 0 Å². The molecule has 1 heterocycles. The number of carboxylic acid groups (broad SMARTS) is 2. The van der Waals surface area contributed by atoms with Crippen LogP contribution in [-0.2, 0) is 19.2 Å². The second-order valence-electron chi connectivity index (χ2n) is 5.46. The minimum Gasteiger partial charge on any atom is -0.481 e. The Balaban J connectivity index is 2.81. The van der Waals surface area contributed by atoms with Crippen molar-refractivity contribution in [1.82, 2.24) is 10.2 Å². The van der Waals surface area contributed by atoms with E-state index in [0.29, 0.717) is 12.8 Å². The van der Waals surface area contributed by atoms with Crippen LogP contribution in [0.25, 0.3) is 0 Å². The summed E-state index contributed by atoms with van der Waals surface area (Å²) in [4.78, 5) is 47.0. The number of aliphatic carboxylic acids is 2. The molecule has 0 aromatic carbocycles. The molecule has 23 heavy (non-hydrogen) atoms. The maximum Gasteiger partial charge on any atom is 0.326 e. The van der Waals surface area contributed by atoms with Crippen LogP contribution in [0.5, 0.6) is 0 Å². The van der Waals surface area contributed by atoms with E-state index in [-0.39, 0.29) is 6.54 Å². The normalized spacial score (nSPS) is 21.3. The Hall–Kier alpha value is -2.20. The third kappa shape index (κ3) is 4.89. The fourth-order valence-corrected chi connectivity index (χ4v) is 2.40. The van der Waals surface area contributed by atoms with E-state index in [9.17, 15) is 24.3 Å². The van der Waals surface area contributed by atoms with Gasteiger partial charge in [0.05, 0.1) is 18.6 Å². The second-order valence-corrected chi connectivity index (χ2v) is 5.46. The van der Waals surface area contributed by atoms with Crippen molar-refractivity contribution in [2.45, 2.75) is 50.4 Å². The molecule has 0 radical (unpaired) electrons. The Morgan fingerprint density at radius 1 is 1.30 bits per heavy atom. The molecular weight excluding hydrogens is 310 g/mol. The van der Waals surface area contributed by atoms with Gasteiger partial charge in [-0.25, -0.2) is 4.79 Å². The van der Waals surface area contributed by atoms with Gasteiger partial charge in [0.25, 0.3) is 0 Å². The van der Waals surface area contributed by atoms with E-state index in [0.717, 1.165) is 4.90 Å². The number of amides is 2. The summed E-state index contributed by atoms with van der Waals surface area (Å²) in [5.74, 6) is -4.08. The van der Waals surface area contributed by atoms with Gasteiger partial charge in [0.15, 0.2) is 0 Å². The number of aliphatic hydroxyl groups is 1. The standard InChI is InChI=1S/C13H21N3O7/c1-6(17)10(15-11(20)7(14)5-9(18)19)12(21)16-4-2-3-8(16)13(22)23/h6-8,10,17H,2-5,14H2,1H3,(H,15,20)(H,18,19)(H,22,23). The molecule has 1 aliphatic rings. The number of nitrogens with two attached hydrogens (primary N) is 1. The molecule has 10 heteroatoms. The van der Waals surface area contributed by atoms with E-state index in [1.807, 2.05) is 0 Å². The lowest BCUT2D eigenvalue weighted by Crippen LogP contribution is -2.58. The van der Waals surface area contributed by atoms with E-state index in [1.165, 1.54) is 6.92 Å². The maximum atomic E-state index is 12.4. The number of hydrogen-bond donors (Lipinski definition) is 5. The molecule has 1 rings (SSSR count). The largest absolute Gasteiger partial charge is 0.481 e. The molecule has 6 N–H and O–H groups in total. The summed E-state index contributed by atoms with van der Waals surface area (Å²) in [6.07, 6.45) is -1.13. The van der Waals surface area contributed by atoms with Gasteiger partial charge in [-0.3, -0.25) is 14.4 Å². The number of rotatable bonds is 7. The van der Waals surface area contributed by atoms with E-state index in [4.69, 9.17) is 15.9 Å². The lowest BCUT2D eigenvalue weighted by molar-refractivity contribution is -0.150. The zero-order valence-electron chi connectivity index (χ0n) is 12.6. The predicted molar refractivity (Wildman–Crippen MR) is 76.2 cm³/mol. The summed E-state index contributed by atoms with van der Waals surface area (Å²) in [5.41, 5.74) is 5.40. The van der Waals surface area contributed by atoms with Gasteiger partial charge in [-0.15, -0.1) is 0 Å². The molecule has 4 atom stereocenters. The van der Waals surface area contributed by atoms with Crippen molar-refractivity contribution >= 4 is 23.8 Å². The number of likely N-dealkylation sites (tertiary alicyclic amines) is 1. The molecule has 0 aromatic rings. The zero-order valence-corrected chi connectivity index (χ0v) is 12.6. The summed E-state index contributed by atoms with van der Waals surface area (Å²) < 4.78 is 0. The molecule has 1 fully saturated rings. The SMILES string of the molecule is CC(O)C(NC(=O)C(N)CC(=O)O)C(=O)N1CCCC1C(=O)O. The average molecular weight is 331 g/mol. The van der Waals surface area contributed by atoms with Gasteiger partial charge in [0, 0.05) is 6.54 Å². The van der Waals surface area contributed by atoms with Crippen molar-refractivity contribution in [1.29, 1.82) is 0 Å². The van der Waals surface area contributed by atoms with Crippen LogP contribution in [-0.4, -0.2) is 74.7 Å². The van der Waals surface area contributed by atoms with Gasteiger partial charge in [0.2, 0.25) is 11.8 Å². The van der Waals surface area contributed by atoms with Gasteiger partial charge in [0.1, 0.15) is 12.1 Å². The van der Waals surface area contributed by atoms with Crippen LogP contribution in [0, 0.1) is 0 Å². The van der Waals surface area contributed by atoms with Crippen LogP contribution in [0.2, 0.25) is 0 Å². The highest BCUT2D eigenvalue weighted by atomic mass is 16.4. The first-order valence-corrected chi connectivity index (χ1v) is 7.14. The predicted octanol–water partition coefficient (Wildman–Crippen LogP) is -2.27. The minimum atomic E-state index is -1.39. The van der Waals surface area contributed by atoms with Gasteiger partial charge >= 0.3 is 11.9 Å². The van der Waals surface area contributed by atoms with E-state index in [1.54, 1.807) is 0 Å². The Bertz CT molecular complexity index is 494. The summed E-state index contributed by atoms with van der Waals surface area (Å²) >= 11 is 0. The van der Waals surface area contributed by atoms with Crippen LogP contribution < -0.4 is 11.1 Å². The first-order chi connectivity index (χ1) is 10.6. The summed E-state index contributed by atoms with van der Waals surface area (Å²) in [5, 5.41) is 29.6. The molecule has 1 aliphatic heterocycles. The van der Waals surface area contributed by atoms with E-state index in [2.05, 4.69) is 5.32 Å². The number of carbonyl (C=O) groups excluding carboxylic acids is 2. The zero-order chi connectivity index (χ0) is 17.7. The highest BCUT2D eigenvalue weighted by Gasteiger charge is 2.39. The lowest BCUT2D eigenvalue weighted by atomic mass is 10.1. The first-order valence-electron chi connectivity index (χ1n) is 7.14. The number of aliphatic hydroxyl groups excluding tert-OH is 1. The van der Waals surface area contributed by atoms with Crippen LogP contribution in [0.1, 0.15) is 26.2 Å². The molecule has 4 unspecified atom stereocenters. The van der Waals surface area contributed by atoms with Crippen LogP contribution in [0.15, 0.2) is 0 Å². The van der Waals surface area contributed by atoms with Crippen molar-refractivity contribution in [2.75, 3.05) is 6.54 Å². The Morgan fingerprint density at radius 2 is 1.91 bits per heavy atom. The number of nitrogens with zero attached hydrogens (tertiary/aromatic N) is 1. The molecule has 10 nitrogen and oxygen atoms in total. The smallest absolute Gasteiger partial charge is 0.326 e. The fraction of sp³-hybridized carbons (Fsp3) is 0.692. The topological polar surface area (TPSA) is 170 Å². The summed E-state index contributed by atoms with van der Waals surface area (Å²) in [6.45, 7) is 1.47. The maximum absolute atomic E-state index is 12.4. The second kappa shape index (κ2) is 7.88. The molecule has 0 spiro atoms. The number of nitrogens with one attached hydrogen (secondary N) is 1. The van der Waals surface area contributed by atoms with Gasteiger partial charge in [-0.05, 0) is 19.8 Å². The minimum absolute atomic E-state index is 0.204. The number of hydrogen-bond acceptors (Lipinski definition) is 6. The highest BCUT2D eigenvalue weighted by Crippen LogP contribution is 2.19. The number of carbonyl (C=O) groups is 4. The van der Waals surface area contributed by atoms with Crippen molar-refractivity contribution in [3.8, 4) is 0 Å². The van der Waals surface area contributed by atoms with Gasteiger partial charge < -0.3 is 31.3 Å². The van der Waals surface area contributed by atoms with E-state index < -0.39 is 54.4 Å².